The SMILES string of the molecule is Cc1ccc2c(CN3C(=O)NC(C)(c4ccc(F)cc4)C3=O)cc(=O)oc2c1. The number of urea groups is 1. The number of benzene rings is 2. The van der Waals surface area contributed by atoms with Gasteiger partial charge in [-0.1, -0.05) is 24.3 Å². The van der Waals surface area contributed by atoms with E-state index in [1.165, 1.54) is 30.3 Å². The van der Waals surface area contributed by atoms with Crippen LogP contribution in [0.1, 0.15) is 23.6 Å². The first-order valence-corrected chi connectivity index (χ1v) is 8.71. The van der Waals surface area contributed by atoms with E-state index in [0.29, 0.717) is 22.1 Å². The molecule has 7 heteroatoms. The molecule has 1 N–H and O–H groups in total. The molecule has 1 saturated heterocycles. The molecule has 1 fully saturated rings. The Morgan fingerprint density at radius 2 is 1.79 bits per heavy atom. The Labute approximate surface area is 159 Å². The van der Waals surface area contributed by atoms with Gasteiger partial charge in [0, 0.05) is 11.5 Å². The lowest BCUT2D eigenvalue weighted by molar-refractivity contribution is -0.131. The summed E-state index contributed by atoms with van der Waals surface area (Å²) in [6.45, 7) is 3.37. The Morgan fingerprint density at radius 1 is 1.07 bits per heavy atom. The van der Waals surface area contributed by atoms with Crippen LogP contribution in [0.3, 0.4) is 0 Å². The van der Waals surface area contributed by atoms with E-state index in [-0.39, 0.29) is 6.54 Å². The third kappa shape index (κ3) is 2.85. The van der Waals surface area contributed by atoms with Crippen LogP contribution in [-0.4, -0.2) is 16.8 Å². The largest absolute Gasteiger partial charge is 0.423 e. The molecule has 1 atom stereocenters. The van der Waals surface area contributed by atoms with E-state index >= 15 is 0 Å². The van der Waals surface area contributed by atoms with E-state index in [2.05, 4.69) is 5.32 Å². The highest BCUT2D eigenvalue weighted by molar-refractivity contribution is 6.07. The van der Waals surface area contributed by atoms with Crippen LogP contribution in [0.4, 0.5) is 9.18 Å². The van der Waals surface area contributed by atoms with Gasteiger partial charge in [-0.2, -0.15) is 0 Å². The second kappa shape index (κ2) is 6.30. The number of nitrogens with one attached hydrogen (secondary N) is 1. The molecule has 6 nitrogen and oxygen atoms in total. The van der Waals surface area contributed by atoms with E-state index in [1.807, 2.05) is 13.0 Å². The Bertz CT molecular complexity index is 1170. The van der Waals surface area contributed by atoms with Crippen molar-refractivity contribution in [1.82, 2.24) is 10.2 Å². The molecule has 1 aromatic heterocycles. The van der Waals surface area contributed by atoms with Crippen molar-refractivity contribution < 1.29 is 18.4 Å². The average molecular weight is 380 g/mol. The third-order valence-corrected chi connectivity index (χ3v) is 5.01. The van der Waals surface area contributed by atoms with Crippen molar-refractivity contribution in [2.45, 2.75) is 25.9 Å². The van der Waals surface area contributed by atoms with Crippen LogP contribution in [0, 0.1) is 12.7 Å². The van der Waals surface area contributed by atoms with Crippen LogP contribution in [0.2, 0.25) is 0 Å². The van der Waals surface area contributed by atoms with Crippen molar-refractivity contribution in [2.24, 2.45) is 0 Å². The van der Waals surface area contributed by atoms with Gasteiger partial charge in [0.25, 0.3) is 5.91 Å². The summed E-state index contributed by atoms with van der Waals surface area (Å²) in [6.07, 6.45) is 0. The Balaban J connectivity index is 1.72. The maximum Gasteiger partial charge on any atom is 0.336 e. The van der Waals surface area contributed by atoms with Crippen LogP contribution in [-0.2, 0) is 16.9 Å². The summed E-state index contributed by atoms with van der Waals surface area (Å²) in [5.41, 5.74) is 0.446. The van der Waals surface area contributed by atoms with E-state index in [4.69, 9.17) is 4.42 Å². The summed E-state index contributed by atoms with van der Waals surface area (Å²) in [4.78, 5) is 38.6. The maximum atomic E-state index is 13.2. The Hall–Kier alpha value is -3.48. The highest BCUT2D eigenvalue weighted by atomic mass is 19.1. The van der Waals surface area contributed by atoms with Crippen molar-refractivity contribution in [3.8, 4) is 0 Å². The van der Waals surface area contributed by atoms with Crippen LogP contribution in [0.5, 0.6) is 0 Å². The average Bonchev–Trinajstić information content (AvgIpc) is 2.85. The first kappa shape index (κ1) is 17.9. The van der Waals surface area contributed by atoms with Gasteiger partial charge in [0.05, 0.1) is 6.54 Å². The monoisotopic (exact) mass is 380 g/mol. The molecule has 3 aromatic rings. The normalized spacial score (nSPS) is 19.3. The molecule has 1 unspecified atom stereocenters. The molecule has 2 aromatic carbocycles. The van der Waals surface area contributed by atoms with Gasteiger partial charge >= 0.3 is 11.7 Å². The molecule has 0 aliphatic carbocycles. The lowest BCUT2D eigenvalue weighted by atomic mass is 9.92. The highest BCUT2D eigenvalue weighted by Gasteiger charge is 2.49. The summed E-state index contributed by atoms with van der Waals surface area (Å²) in [5, 5.41) is 3.33. The number of rotatable bonds is 3. The highest BCUT2D eigenvalue weighted by Crippen LogP contribution is 2.31. The second-order valence-electron chi connectivity index (χ2n) is 7.04. The molecule has 0 spiro atoms. The fourth-order valence-electron chi connectivity index (χ4n) is 3.46. The van der Waals surface area contributed by atoms with Crippen molar-refractivity contribution in [1.29, 1.82) is 0 Å². The standard InChI is InChI=1S/C21H17FN2O4/c1-12-3-8-16-13(10-18(25)28-17(16)9-12)11-24-19(26)21(2,23-20(24)27)14-4-6-15(22)7-5-14/h3-10H,11H2,1-2H3,(H,23,27). The molecule has 2 heterocycles. The summed E-state index contributed by atoms with van der Waals surface area (Å²) in [5.74, 6) is -0.906. The predicted octanol–water partition coefficient (Wildman–Crippen LogP) is 3.21. The van der Waals surface area contributed by atoms with Crippen molar-refractivity contribution in [3.05, 3.63) is 81.5 Å². The molecule has 1 aliphatic heterocycles. The quantitative estimate of drug-likeness (QED) is 0.559. The van der Waals surface area contributed by atoms with Gasteiger partial charge in [0.2, 0.25) is 0 Å². The number of aryl methyl sites for hydroxylation is 1. The van der Waals surface area contributed by atoms with Crippen LogP contribution < -0.4 is 10.9 Å². The number of carbonyl (C=O) groups excluding carboxylic acids is 2. The fraction of sp³-hybridized carbons (Fsp3) is 0.190. The van der Waals surface area contributed by atoms with Gasteiger partial charge in [-0.25, -0.2) is 14.0 Å². The lowest BCUT2D eigenvalue weighted by Crippen LogP contribution is -2.40. The molecule has 4 rings (SSSR count). The number of hydrogen-bond acceptors (Lipinski definition) is 4. The molecule has 0 bridgehead atoms. The van der Waals surface area contributed by atoms with E-state index in [1.54, 1.807) is 19.1 Å². The Kier molecular flexibility index (Phi) is 4.03. The minimum Gasteiger partial charge on any atom is -0.423 e. The minimum atomic E-state index is -1.31. The zero-order valence-electron chi connectivity index (χ0n) is 15.3. The molecule has 3 amide bonds. The van der Waals surface area contributed by atoms with E-state index < -0.39 is 28.9 Å². The summed E-state index contributed by atoms with van der Waals surface area (Å²) in [7, 11) is 0. The number of halogens is 1. The second-order valence-corrected chi connectivity index (χ2v) is 7.04. The predicted molar refractivity (Wildman–Crippen MR) is 100 cm³/mol. The van der Waals surface area contributed by atoms with Gasteiger partial charge in [-0.05, 0) is 48.7 Å². The van der Waals surface area contributed by atoms with Crippen LogP contribution in [0.25, 0.3) is 11.0 Å². The van der Waals surface area contributed by atoms with Gasteiger partial charge in [0.1, 0.15) is 16.9 Å². The zero-order chi connectivity index (χ0) is 20.1. The lowest BCUT2D eigenvalue weighted by Gasteiger charge is -2.22. The number of carbonyl (C=O) groups is 2. The maximum absolute atomic E-state index is 13.2. The Morgan fingerprint density at radius 3 is 2.50 bits per heavy atom. The van der Waals surface area contributed by atoms with Gasteiger partial charge < -0.3 is 9.73 Å². The number of amides is 3. The molecule has 142 valence electrons. The van der Waals surface area contributed by atoms with Crippen molar-refractivity contribution >= 4 is 22.9 Å². The smallest absolute Gasteiger partial charge is 0.336 e. The first-order valence-electron chi connectivity index (χ1n) is 8.71. The minimum absolute atomic E-state index is 0.0768. The zero-order valence-corrected chi connectivity index (χ0v) is 15.3. The first-order chi connectivity index (χ1) is 13.3. The van der Waals surface area contributed by atoms with E-state index in [0.717, 1.165) is 10.5 Å². The van der Waals surface area contributed by atoms with Crippen LogP contribution in [0.15, 0.2) is 57.7 Å². The molecule has 1 aliphatic rings. The van der Waals surface area contributed by atoms with Crippen LogP contribution >= 0.6 is 0 Å². The number of imide groups is 1. The summed E-state index contributed by atoms with van der Waals surface area (Å²) < 4.78 is 18.5. The third-order valence-electron chi connectivity index (χ3n) is 5.01. The number of hydrogen-bond donors (Lipinski definition) is 1. The summed E-state index contributed by atoms with van der Waals surface area (Å²) >= 11 is 0. The number of fused-ring (bicyclic) bond motifs is 1. The molecule has 28 heavy (non-hydrogen) atoms. The molecule has 0 saturated carbocycles. The molecular weight excluding hydrogens is 363 g/mol. The van der Waals surface area contributed by atoms with Crippen molar-refractivity contribution in [3.63, 3.8) is 0 Å². The van der Waals surface area contributed by atoms with Crippen molar-refractivity contribution in [2.75, 3.05) is 0 Å². The van der Waals surface area contributed by atoms with Gasteiger partial charge in [0.15, 0.2) is 0 Å². The van der Waals surface area contributed by atoms with Gasteiger partial charge in [-0.15, -0.1) is 0 Å². The molecular formula is C21H17FN2O4. The summed E-state index contributed by atoms with van der Waals surface area (Å²) in [6, 6.07) is 11.5. The topological polar surface area (TPSA) is 79.6 Å². The number of nitrogens with zero attached hydrogens (tertiary/aromatic N) is 1. The molecule has 0 radical (unpaired) electrons. The van der Waals surface area contributed by atoms with E-state index in [9.17, 15) is 18.8 Å². The van der Waals surface area contributed by atoms with Gasteiger partial charge in [-0.3, -0.25) is 9.69 Å². The fourth-order valence-corrected chi connectivity index (χ4v) is 3.46.